The Kier molecular flexibility index (Phi) is 14.3. The van der Waals surface area contributed by atoms with Gasteiger partial charge in [0.2, 0.25) is 5.91 Å². The molecule has 1 aromatic rings. The molecule has 1 amide bonds. The highest BCUT2D eigenvalue weighted by atomic mass is 16.5. The summed E-state index contributed by atoms with van der Waals surface area (Å²) in [6.45, 7) is 5.84. The average Bonchev–Trinajstić information content (AvgIpc) is 2.67. The molecule has 154 valence electrons. The molecule has 0 bridgehead atoms. The van der Waals surface area contributed by atoms with Crippen LogP contribution in [0.4, 0.5) is 5.69 Å². The Hall–Kier alpha value is -1.63. The van der Waals surface area contributed by atoms with Gasteiger partial charge in [-0.15, -0.1) is 0 Å². The summed E-state index contributed by atoms with van der Waals surface area (Å²) in [6.07, 6.45) is 6.38. The summed E-state index contributed by atoms with van der Waals surface area (Å²) < 4.78 is 16.5. The third-order valence-corrected chi connectivity index (χ3v) is 3.98. The van der Waals surface area contributed by atoms with Crippen LogP contribution in [0, 0.1) is 0 Å². The second-order valence-corrected chi connectivity index (χ2v) is 6.42. The molecule has 0 aliphatic heterocycles. The zero-order chi connectivity index (χ0) is 19.6. The van der Waals surface area contributed by atoms with Gasteiger partial charge in [-0.05, 0) is 25.6 Å². The molecular formula is C21H36N2O4. The van der Waals surface area contributed by atoms with Gasteiger partial charge in [0.25, 0.3) is 0 Å². The number of ether oxygens (including phenoxy) is 3. The van der Waals surface area contributed by atoms with E-state index in [4.69, 9.17) is 14.2 Å². The average molecular weight is 381 g/mol. The van der Waals surface area contributed by atoms with Crippen LogP contribution in [0.15, 0.2) is 24.3 Å². The predicted molar refractivity (Wildman–Crippen MR) is 110 cm³/mol. The number of nitrogens with one attached hydrogen (secondary N) is 2. The minimum absolute atomic E-state index is 0.0668. The van der Waals surface area contributed by atoms with Crippen molar-refractivity contribution in [1.29, 1.82) is 0 Å². The largest absolute Gasteiger partial charge is 0.494 e. The molecule has 0 saturated carbocycles. The SMILES string of the molecule is CCCCCCCOc1cccc(NC(=O)CCOCCOCCNC)c1. The topological polar surface area (TPSA) is 68.8 Å². The number of hydrogen-bond acceptors (Lipinski definition) is 5. The molecule has 1 rings (SSSR count). The van der Waals surface area contributed by atoms with Crippen molar-refractivity contribution in [3.05, 3.63) is 24.3 Å². The number of benzene rings is 1. The summed E-state index contributed by atoms with van der Waals surface area (Å²) in [5.41, 5.74) is 0.749. The maximum Gasteiger partial charge on any atom is 0.226 e. The van der Waals surface area contributed by atoms with E-state index in [1.165, 1.54) is 25.7 Å². The van der Waals surface area contributed by atoms with Crippen LogP contribution in [0.25, 0.3) is 0 Å². The van der Waals surface area contributed by atoms with Crippen LogP contribution in [0.1, 0.15) is 45.4 Å². The van der Waals surface area contributed by atoms with Crippen LogP contribution in [0.3, 0.4) is 0 Å². The summed E-state index contributed by atoms with van der Waals surface area (Å²) in [7, 11) is 1.88. The van der Waals surface area contributed by atoms with Gasteiger partial charge in [-0.3, -0.25) is 4.79 Å². The third-order valence-electron chi connectivity index (χ3n) is 3.98. The number of likely N-dealkylation sites (N-methyl/N-ethyl adjacent to an activating group) is 1. The van der Waals surface area contributed by atoms with Crippen molar-refractivity contribution in [2.24, 2.45) is 0 Å². The fourth-order valence-corrected chi connectivity index (χ4v) is 2.44. The number of hydrogen-bond donors (Lipinski definition) is 2. The molecule has 0 atom stereocenters. The second kappa shape index (κ2) is 16.5. The summed E-state index contributed by atoms with van der Waals surface area (Å²) in [5, 5.41) is 5.89. The van der Waals surface area contributed by atoms with E-state index in [1.54, 1.807) is 0 Å². The van der Waals surface area contributed by atoms with Gasteiger partial charge in [0.05, 0.1) is 39.5 Å². The zero-order valence-electron chi connectivity index (χ0n) is 16.9. The molecule has 0 fully saturated rings. The van der Waals surface area contributed by atoms with Crippen molar-refractivity contribution in [3.8, 4) is 5.75 Å². The van der Waals surface area contributed by atoms with Crippen LogP contribution in [0.5, 0.6) is 5.75 Å². The van der Waals surface area contributed by atoms with Crippen LogP contribution in [-0.4, -0.2) is 52.5 Å². The summed E-state index contributed by atoms with van der Waals surface area (Å²) in [5.74, 6) is 0.723. The Labute approximate surface area is 164 Å². The van der Waals surface area contributed by atoms with Crippen molar-refractivity contribution in [1.82, 2.24) is 5.32 Å². The van der Waals surface area contributed by atoms with Gasteiger partial charge in [0.1, 0.15) is 5.75 Å². The molecule has 2 N–H and O–H groups in total. The van der Waals surface area contributed by atoms with E-state index in [9.17, 15) is 4.79 Å². The number of amides is 1. The molecule has 6 nitrogen and oxygen atoms in total. The molecular weight excluding hydrogens is 344 g/mol. The lowest BCUT2D eigenvalue weighted by atomic mass is 10.2. The lowest BCUT2D eigenvalue weighted by Gasteiger charge is -2.10. The van der Waals surface area contributed by atoms with Gasteiger partial charge in [-0.25, -0.2) is 0 Å². The van der Waals surface area contributed by atoms with E-state index in [0.29, 0.717) is 39.5 Å². The van der Waals surface area contributed by atoms with Gasteiger partial charge in [-0.1, -0.05) is 38.7 Å². The van der Waals surface area contributed by atoms with Gasteiger partial charge >= 0.3 is 0 Å². The molecule has 0 radical (unpaired) electrons. The molecule has 0 aliphatic rings. The first-order valence-electron chi connectivity index (χ1n) is 10.1. The standard InChI is InChI=1S/C21H36N2O4/c1-3-4-5-6-7-13-27-20-10-8-9-19(18-20)23-21(24)11-14-25-16-17-26-15-12-22-2/h8-10,18,22H,3-7,11-17H2,1-2H3,(H,23,24). The fourth-order valence-electron chi connectivity index (χ4n) is 2.44. The summed E-state index contributed by atoms with van der Waals surface area (Å²) in [4.78, 5) is 12.0. The first kappa shape index (κ1) is 23.4. The van der Waals surface area contributed by atoms with E-state index in [1.807, 2.05) is 31.3 Å². The van der Waals surface area contributed by atoms with Gasteiger partial charge in [0, 0.05) is 18.3 Å². The van der Waals surface area contributed by atoms with Gasteiger partial charge in [-0.2, -0.15) is 0 Å². The van der Waals surface area contributed by atoms with Crippen LogP contribution >= 0.6 is 0 Å². The smallest absolute Gasteiger partial charge is 0.226 e. The second-order valence-electron chi connectivity index (χ2n) is 6.42. The third kappa shape index (κ3) is 13.2. The van der Waals surface area contributed by atoms with Crippen LogP contribution < -0.4 is 15.4 Å². The van der Waals surface area contributed by atoms with Gasteiger partial charge < -0.3 is 24.8 Å². The molecule has 0 saturated heterocycles. The normalized spacial score (nSPS) is 10.7. The Morgan fingerprint density at radius 2 is 1.74 bits per heavy atom. The van der Waals surface area contributed by atoms with Crippen LogP contribution in [0.2, 0.25) is 0 Å². The monoisotopic (exact) mass is 380 g/mol. The minimum Gasteiger partial charge on any atom is -0.494 e. The van der Waals surface area contributed by atoms with Crippen molar-refractivity contribution in [2.75, 3.05) is 51.9 Å². The number of anilines is 1. The van der Waals surface area contributed by atoms with Crippen LogP contribution in [-0.2, 0) is 14.3 Å². The quantitative estimate of drug-likeness (QED) is 0.404. The molecule has 0 aromatic heterocycles. The lowest BCUT2D eigenvalue weighted by molar-refractivity contribution is -0.117. The fraction of sp³-hybridized carbons (Fsp3) is 0.667. The Balaban J connectivity index is 2.13. The predicted octanol–water partition coefficient (Wildman–Crippen LogP) is 3.62. The maximum atomic E-state index is 12.0. The van der Waals surface area contributed by atoms with E-state index in [0.717, 1.165) is 24.4 Å². The minimum atomic E-state index is -0.0668. The van der Waals surface area contributed by atoms with Gasteiger partial charge in [0.15, 0.2) is 0 Å². The molecule has 0 heterocycles. The highest BCUT2D eigenvalue weighted by Crippen LogP contribution is 2.18. The Morgan fingerprint density at radius 3 is 2.52 bits per heavy atom. The maximum absolute atomic E-state index is 12.0. The number of carbonyl (C=O) groups is 1. The van der Waals surface area contributed by atoms with E-state index >= 15 is 0 Å². The van der Waals surface area contributed by atoms with E-state index in [-0.39, 0.29) is 5.91 Å². The number of carbonyl (C=O) groups excluding carboxylic acids is 1. The molecule has 27 heavy (non-hydrogen) atoms. The summed E-state index contributed by atoms with van der Waals surface area (Å²) in [6, 6.07) is 7.53. The van der Waals surface area contributed by atoms with Crippen molar-refractivity contribution < 1.29 is 19.0 Å². The highest BCUT2D eigenvalue weighted by molar-refractivity contribution is 5.90. The molecule has 0 aliphatic carbocycles. The lowest BCUT2D eigenvalue weighted by Crippen LogP contribution is -2.17. The zero-order valence-corrected chi connectivity index (χ0v) is 16.9. The molecule has 6 heteroatoms. The highest BCUT2D eigenvalue weighted by Gasteiger charge is 2.04. The molecule has 0 spiro atoms. The number of unbranched alkanes of at least 4 members (excludes halogenated alkanes) is 4. The first-order chi connectivity index (χ1) is 13.3. The number of rotatable bonds is 17. The van der Waals surface area contributed by atoms with E-state index in [2.05, 4.69) is 17.6 Å². The van der Waals surface area contributed by atoms with Crippen molar-refractivity contribution in [2.45, 2.75) is 45.4 Å². The van der Waals surface area contributed by atoms with Crippen molar-refractivity contribution >= 4 is 11.6 Å². The van der Waals surface area contributed by atoms with E-state index < -0.39 is 0 Å². The first-order valence-corrected chi connectivity index (χ1v) is 10.1. The van der Waals surface area contributed by atoms with Crippen molar-refractivity contribution in [3.63, 3.8) is 0 Å². The summed E-state index contributed by atoms with van der Waals surface area (Å²) >= 11 is 0. The molecule has 0 unspecified atom stereocenters. The molecule has 1 aromatic carbocycles. The Bertz CT molecular complexity index is 497. The Morgan fingerprint density at radius 1 is 0.963 bits per heavy atom.